The molecule has 0 bridgehead atoms. The molecule has 0 aromatic heterocycles. The maximum atomic E-state index is 13.4. The Morgan fingerprint density at radius 3 is 2.34 bits per heavy atom. The maximum absolute atomic E-state index is 13.4. The van der Waals surface area contributed by atoms with Crippen LogP contribution >= 0.6 is 0 Å². The molecule has 3 aromatic carbocycles. The first kappa shape index (κ1) is 30.1. The Balaban J connectivity index is 1.50. The predicted molar refractivity (Wildman–Crippen MR) is 154 cm³/mol. The Hall–Kier alpha value is -3.85. The van der Waals surface area contributed by atoms with Crippen molar-refractivity contribution in [3.8, 4) is 0 Å². The van der Waals surface area contributed by atoms with Gasteiger partial charge in [0.25, 0.3) is 0 Å². The lowest BCUT2D eigenvalue weighted by Gasteiger charge is -2.48. The topological polar surface area (TPSA) is 107 Å². The number of halogens is 1. The molecule has 7 nitrogen and oxygen atoms in total. The van der Waals surface area contributed by atoms with E-state index in [1.807, 2.05) is 48.5 Å². The molecule has 0 spiro atoms. The Labute approximate surface area is 239 Å². The van der Waals surface area contributed by atoms with Crippen molar-refractivity contribution in [3.63, 3.8) is 0 Å². The van der Waals surface area contributed by atoms with Gasteiger partial charge in [-0.25, -0.2) is 4.39 Å². The number of anilines is 1. The maximum Gasteiger partial charge on any atom is 0.302 e. The standard InChI is InChI=1S/C33H36FNO6/c1-3-23-6-14-28(15-7-23)35-31(29(32(35)39)16-17-30(38)25-10-12-27(34)13-11-25)26-8-4-24(5-9-26)18-19-33(40,20-36)21-41-22(2)37/h3-15,29-31,36,38,40H,1,16-21H2,2H3/t29-,30+,31-,33?/m1/s1. The molecule has 4 rings (SSSR count). The van der Waals surface area contributed by atoms with Gasteiger partial charge < -0.3 is 25.0 Å². The molecule has 4 atom stereocenters. The number of amides is 1. The van der Waals surface area contributed by atoms with Crippen molar-refractivity contribution in [2.24, 2.45) is 5.92 Å². The van der Waals surface area contributed by atoms with Crippen LogP contribution in [0.3, 0.4) is 0 Å². The van der Waals surface area contributed by atoms with E-state index in [2.05, 4.69) is 6.58 Å². The van der Waals surface area contributed by atoms with Crippen molar-refractivity contribution in [2.45, 2.75) is 50.4 Å². The molecule has 1 heterocycles. The van der Waals surface area contributed by atoms with Gasteiger partial charge in [-0.15, -0.1) is 0 Å². The van der Waals surface area contributed by atoms with Crippen LogP contribution in [0.25, 0.3) is 6.08 Å². The number of aliphatic hydroxyl groups excluding tert-OH is 2. The minimum absolute atomic E-state index is 0.0322. The Kier molecular flexibility index (Phi) is 9.70. The van der Waals surface area contributed by atoms with Gasteiger partial charge in [-0.1, -0.05) is 61.2 Å². The highest BCUT2D eigenvalue weighted by Crippen LogP contribution is 2.46. The molecule has 1 aliphatic heterocycles. The Morgan fingerprint density at radius 1 is 1.10 bits per heavy atom. The first-order valence-electron chi connectivity index (χ1n) is 13.7. The van der Waals surface area contributed by atoms with Crippen molar-refractivity contribution >= 4 is 23.6 Å². The number of rotatable bonds is 13. The van der Waals surface area contributed by atoms with Crippen LogP contribution in [0.4, 0.5) is 10.1 Å². The molecule has 1 saturated heterocycles. The molecule has 1 aliphatic rings. The molecule has 0 radical (unpaired) electrons. The second-order valence-corrected chi connectivity index (χ2v) is 10.6. The third-order valence-electron chi connectivity index (χ3n) is 7.67. The highest BCUT2D eigenvalue weighted by atomic mass is 19.1. The number of hydrogen-bond donors (Lipinski definition) is 3. The van der Waals surface area contributed by atoms with E-state index < -0.39 is 24.3 Å². The Morgan fingerprint density at radius 2 is 1.76 bits per heavy atom. The zero-order chi connectivity index (χ0) is 29.6. The van der Waals surface area contributed by atoms with E-state index in [4.69, 9.17) is 4.74 Å². The van der Waals surface area contributed by atoms with Gasteiger partial charge >= 0.3 is 5.97 Å². The second kappa shape index (κ2) is 13.2. The zero-order valence-electron chi connectivity index (χ0n) is 23.1. The molecular weight excluding hydrogens is 525 g/mol. The fraction of sp³-hybridized carbons (Fsp3) is 0.333. The van der Waals surface area contributed by atoms with Crippen molar-refractivity contribution in [1.29, 1.82) is 0 Å². The third-order valence-corrected chi connectivity index (χ3v) is 7.67. The number of esters is 1. The van der Waals surface area contributed by atoms with Gasteiger partial charge in [0.05, 0.1) is 24.7 Å². The number of ether oxygens (including phenoxy) is 1. The molecule has 1 amide bonds. The van der Waals surface area contributed by atoms with Crippen LogP contribution in [-0.4, -0.2) is 46.0 Å². The largest absolute Gasteiger partial charge is 0.463 e. The summed E-state index contributed by atoms with van der Waals surface area (Å²) in [6, 6.07) is 20.8. The van der Waals surface area contributed by atoms with Gasteiger partial charge in [0, 0.05) is 12.6 Å². The SMILES string of the molecule is C=Cc1ccc(N2C(=O)[C@H](CC[C@H](O)c3ccc(F)cc3)[C@H]2c2ccc(CCC(O)(CO)COC(C)=O)cc2)cc1. The number of β-lactam (4-membered cyclic amide) rings is 1. The van der Waals surface area contributed by atoms with Crippen LogP contribution in [0, 0.1) is 11.7 Å². The molecular formula is C33H36FNO6. The molecule has 1 fully saturated rings. The lowest BCUT2D eigenvalue weighted by Crippen LogP contribution is -2.55. The molecule has 1 unspecified atom stereocenters. The Bertz CT molecular complexity index is 1340. The molecule has 216 valence electrons. The average Bonchev–Trinajstić information content (AvgIpc) is 2.98. The van der Waals surface area contributed by atoms with E-state index in [1.165, 1.54) is 19.1 Å². The van der Waals surface area contributed by atoms with Crippen LogP contribution in [0.1, 0.15) is 60.6 Å². The number of carbonyl (C=O) groups excluding carboxylic acids is 2. The summed E-state index contributed by atoms with van der Waals surface area (Å²) in [6.45, 7) is 4.21. The molecule has 41 heavy (non-hydrogen) atoms. The van der Waals surface area contributed by atoms with Gasteiger partial charge in [-0.2, -0.15) is 0 Å². The number of benzene rings is 3. The first-order chi connectivity index (χ1) is 19.6. The minimum Gasteiger partial charge on any atom is -0.463 e. The monoisotopic (exact) mass is 561 g/mol. The number of nitrogens with zero attached hydrogens (tertiary/aromatic N) is 1. The summed E-state index contributed by atoms with van der Waals surface area (Å²) >= 11 is 0. The second-order valence-electron chi connectivity index (χ2n) is 10.6. The van der Waals surface area contributed by atoms with Crippen molar-refractivity contribution in [1.82, 2.24) is 0 Å². The lowest BCUT2D eigenvalue weighted by atomic mass is 9.78. The van der Waals surface area contributed by atoms with E-state index in [1.54, 1.807) is 23.1 Å². The van der Waals surface area contributed by atoms with Crippen LogP contribution < -0.4 is 4.90 Å². The van der Waals surface area contributed by atoms with E-state index in [0.717, 1.165) is 22.4 Å². The van der Waals surface area contributed by atoms with Crippen molar-refractivity contribution < 1.29 is 34.0 Å². The predicted octanol–water partition coefficient (Wildman–Crippen LogP) is 4.91. The number of carbonyl (C=O) groups is 2. The van der Waals surface area contributed by atoms with Crippen molar-refractivity contribution in [3.05, 3.63) is 107 Å². The van der Waals surface area contributed by atoms with E-state index in [0.29, 0.717) is 24.8 Å². The van der Waals surface area contributed by atoms with Crippen LogP contribution in [0.2, 0.25) is 0 Å². The quantitative estimate of drug-likeness (QED) is 0.202. The number of aryl methyl sites for hydroxylation is 1. The summed E-state index contributed by atoms with van der Waals surface area (Å²) in [5.41, 5.74) is 2.63. The molecule has 8 heteroatoms. The average molecular weight is 562 g/mol. The normalized spacial score (nSPS) is 18.8. The van der Waals surface area contributed by atoms with Gasteiger partial charge in [-0.05, 0) is 72.2 Å². The summed E-state index contributed by atoms with van der Waals surface area (Å²) in [6.07, 6.45) is 2.37. The van der Waals surface area contributed by atoms with Gasteiger partial charge in [0.2, 0.25) is 5.91 Å². The smallest absolute Gasteiger partial charge is 0.302 e. The summed E-state index contributed by atoms with van der Waals surface area (Å²) in [5, 5.41) is 30.9. The number of hydrogen-bond acceptors (Lipinski definition) is 6. The molecule has 3 N–H and O–H groups in total. The number of aliphatic hydroxyl groups is 3. The lowest BCUT2D eigenvalue weighted by molar-refractivity contribution is -0.152. The summed E-state index contributed by atoms with van der Waals surface area (Å²) in [4.78, 5) is 26.3. The summed E-state index contributed by atoms with van der Waals surface area (Å²) in [5.74, 6) is -1.28. The molecule has 3 aromatic rings. The zero-order valence-corrected chi connectivity index (χ0v) is 23.1. The van der Waals surface area contributed by atoms with Crippen LogP contribution in [0.15, 0.2) is 79.4 Å². The summed E-state index contributed by atoms with van der Waals surface area (Å²) < 4.78 is 18.2. The van der Waals surface area contributed by atoms with Crippen LogP contribution in [-0.2, 0) is 20.7 Å². The minimum atomic E-state index is -1.53. The van der Waals surface area contributed by atoms with Gasteiger partial charge in [-0.3, -0.25) is 9.59 Å². The summed E-state index contributed by atoms with van der Waals surface area (Å²) in [7, 11) is 0. The highest BCUT2D eigenvalue weighted by Gasteiger charge is 2.48. The van der Waals surface area contributed by atoms with E-state index in [9.17, 15) is 29.3 Å². The van der Waals surface area contributed by atoms with Gasteiger partial charge in [0.15, 0.2) is 0 Å². The highest BCUT2D eigenvalue weighted by molar-refractivity contribution is 6.03. The fourth-order valence-electron chi connectivity index (χ4n) is 5.15. The molecule has 0 saturated carbocycles. The first-order valence-corrected chi connectivity index (χ1v) is 13.7. The van der Waals surface area contributed by atoms with E-state index in [-0.39, 0.29) is 36.7 Å². The fourth-order valence-corrected chi connectivity index (χ4v) is 5.15. The van der Waals surface area contributed by atoms with E-state index >= 15 is 0 Å². The van der Waals surface area contributed by atoms with Crippen LogP contribution in [0.5, 0.6) is 0 Å². The third kappa shape index (κ3) is 7.27. The van der Waals surface area contributed by atoms with Gasteiger partial charge in [0.1, 0.15) is 18.0 Å². The molecule has 0 aliphatic carbocycles. The van der Waals surface area contributed by atoms with Crippen molar-refractivity contribution in [2.75, 3.05) is 18.1 Å².